The molecule has 0 saturated carbocycles. The fourth-order valence-electron chi connectivity index (χ4n) is 2.82. The van der Waals surface area contributed by atoms with Crippen molar-refractivity contribution < 1.29 is 9.18 Å². The zero-order valence-corrected chi connectivity index (χ0v) is 12.5. The summed E-state index contributed by atoms with van der Waals surface area (Å²) in [4.78, 5) is 16.6. The fourth-order valence-corrected chi connectivity index (χ4v) is 3.83. The summed E-state index contributed by atoms with van der Waals surface area (Å²) in [6.07, 6.45) is 0.860. The van der Waals surface area contributed by atoms with Gasteiger partial charge in [-0.15, -0.1) is 0 Å². The Hall–Kier alpha value is -2.05. The van der Waals surface area contributed by atoms with Crippen LogP contribution < -0.4 is 10.6 Å². The molecule has 0 spiro atoms. The first-order chi connectivity index (χ1) is 10.7. The van der Waals surface area contributed by atoms with Crippen LogP contribution >= 0.6 is 11.3 Å². The van der Waals surface area contributed by atoms with Gasteiger partial charge in [0.15, 0.2) is 5.13 Å². The lowest BCUT2D eigenvalue weighted by Crippen LogP contribution is -2.24. The second-order valence-corrected chi connectivity index (χ2v) is 6.48. The molecule has 6 heteroatoms. The van der Waals surface area contributed by atoms with Gasteiger partial charge in [0.05, 0.1) is 16.1 Å². The lowest BCUT2D eigenvalue weighted by Gasteiger charge is -2.06. The molecule has 2 aromatic carbocycles. The molecule has 0 bridgehead atoms. The molecule has 2 N–H and O–H groups in total. The Bertz CT molecular complexity index is 870. The number of carbonyl (C=O) groups is 1. The molecule has 1 unspecified atom stereocenters. The van der Waals surface area contributed by atoms with Crippen molar-refractivity contribution in [1.82, 2.24) is 10.3 Å². The van der Waals surface area contributed by atoms with Gasteiger partial charge in [0.1, 0.15) is 5.82 Å². The number of benzene rings is 2. The quantitative estimate of drug-likeness (QED) is 0.764. The minimum absolute atomic E-state index is 0.0119. The summed E-state index contributed by atoms with van der Waals surface area (Å²) >= 11 is 1.43. The maximum absolute atomic E-state index is 13.3. The first kappa shape index (κ1) is 13.6. The van der Waals surface area contributed by atoms with Crippen molar-refractivity contribution in [3.8, 4) is 0 Å². The number of hydrogen-bond acceptors (Lipinski definition) is 4. The monoisotopic (exact) mass is 315 g/mol. The van der Waals surface area contributed by atoms with E-state index >= 15 is 0 Å². The van der Waals surface area contributed by atoms with Crippen molar-refractivity contribution in [2.75, 3.05) is 18.4 Å². The maximum Gasteiger partial charge on any atom is 0.230 e. The lowest BCUT2D eigenvalue weighted by atomic mass is 10.1. The summed E-state index contributed by atoms with van der Waals surface area (Å²) < 4.78 is 14.3. The van der Waals surface area contributed by atoms with E-state index in [1.807, 2.05) is 12.1 Å². The average molecular weight is 315 g/mol. The SMILES string of the molecule is O=C(Nc1nc2ccc3cc(F)ccc3c2s1)C1CCNC1. The number of nitrogens with zero attached hydrogens (tertiary/aromatic N) is 1. The number of thiazole rings is 1. The van der Waals surface area contributed by atoms with Crippen LogP contribution in [0.3, 0.4) is 0 Å². The summed E-state index contributed by atoms with van der Waals surface area (Å²) in [5.41, 5.74) is 0.823. The Kier molecular flexibility index (Phi) is 3.28. The molecule has 112 valence electrons. The third kappa shape index (κ3) is 2.34. The van der Waals surface area contributed by atoms with E-state index in [9.17, 15) is 9.18 Å². The standard InChI is InChI=1S/C16H14FN3OS/c17-11-2-3-12-9(7-11)1-4-13-14(12)22-16(19-13)20-15(21)10-5-6-18-8-10/h1-4,7,10,18H,5-6,8H2,(H,19,20,21). The van der Waals surface area contributed by atoms with Gasteiger partial charge in [0.2, 0.25) is 5.91 Å². The Morgan fingerprint density at radius 2 is 2.27 bits per heavy atom. The topological polar surface area (TPSA) is 54.0 Å². The second kappa shape index (κ2) is 5.30. The molecule has 2 heterocycles. The Balaban J connectivity index is 1.70. The minimum Gasteiger partial charge on any atom is -0.316 e. The average Bonchev–Trinajstić information content (AvgIpc) is 3.15. The number of anilines is 1. The first-order valence-corrected chi connectivity index (χ1v) is 8.03. The van der Waals surface area contributed by atoms with Crippen LogP contribution in [0.1, 0.15) is 6.42 Å². The van der Waals surface area contributed by atoms with Gasteiger partial charge in [-0.3, -0.25) is 4.79 Å². The van der Waals surface area contributed by atoms with Crippen molar-refractivity contribution in [3.05, 3.63) is 36.1 Å². The van der Waals surface area contributed by atoms with Crippen LogP contribution in [-0.4, -0.2) is 24.0 Å². The molecule has 1 atom stereocenters. The maximum atomic E-state index is 13.3. The van der Waals surface area contributed by atoms with Crippen LogP contribution in [0.5, 0.6) is 0 Å². The normalized spacial score (nSPS) is 18.1. The van der Waals surface area contributed by atoms with E-state index in [4.69, 9.17) is 0 Å². The number of nitrogens with one attached hydrogen (secondary N) is 2. The number of rotatable bonds is 2. The van der Waals surface area contributed by atoms with Gasteiger partial charge in [0.25, 0.3) is 0 Å². The molecule has 1 amide bonds. The van der Waals surface area contributed by atoms with Crippen LogP contribution in [0, 0.1) is 11.7 Å². The fraction of sp³-hybridized carbons (Fsp3) is 0.250. The molecule has 1 aliphatic rings. The van der Waals surface area contributed by atoms with Gasteiger partial charge in [-0.2, -0.15) is 0 Å². The molecule has 3 aromatic rings. The van der Waals surface area contributed by atoms with Gasteiger partial charge in [-0.05, 0) is 42.6 Å². The zero-order chi connectivity index (χ0) is 15.1. The summed E-state index contributed by atoms with van der Waals surface area (Å²) in [5.74, 6) is -0.226. The first-order valence-electron chi connectivity index (χ1n) is 7.21. The number of hydrogen-bond donors (Lipinski definition) is 2. The molecule has 0 radical (unpaired) electrons. The van der Waals surface area contributed by atoms with Gasteiger partial charge < -0.3 is 10.6 Å². The summed E-state index contributed by atoms with van der Waals surface area (Å²) in [7, 11) is 0. The highest BCUT2D eigenvalue weighted by Gasteiger charge is 2.23. The largest absolute Gasteiger partial charge is 0.316 e. The molecule has 0 aliphatic carbocycles. The molecule has 4 rings (SSSR count). The van der Waals surface area contributed by atoms with E-state index in [-0.39, 0.29) is 17.6 Å². The number of halogens is 1. The molecule has 1 fully saturated rings. The number of amides is 1. The third-order valence-corrected chi connectivity index (χ3v) is 5.01. The van der Waals surface area contributed by atoms with Gasteiger partial charge in [-0.25, -0.2) is 9.37 Å². The van der Waals surface area contributed by atoms with E-state index in [1.54, 1.807) is 6.07 Å². The Morgan fingerprint density at radius 1 is 1.36 bits per heavy atom. The molecular weight excluding hydrogens is 301 g/mol. The molecular formula is C16H14FN3OS. The second-order valence-electron chi connectivity index (χ2n) is 5.48. The summed E-state index contributed by atoms with van der Waals surface area (Å²) in [5, 5.41) is 8.49. The highest BCUT2D eigenvalue weighted by atomic mass is 32.1. The van der Waals surface area contributed by atoms with Crippen LogP contribution in [0.15, 0.2) is 30.3 Å². The molecule has 1 saturated heterocycles. The van der Waals surface area contributed by atoms with Crippen LogP contribution in [-0.2, 0) is 4.79 Å². The van der Waals surface area contributed by atoms with Crippen molar-refractivity contribution in [2.45, 2.75) is 6.42 Å². The van der Waals surface area contributed by atoms with Gasteiger partial charge >= 0.3 is 0 Å². The third-order valence-electron chi connectivity index (χ3n) is 3.99. The van der Waals surface area contributed by atoms with Gasteiger partial charge in [-0.1, -0.05) is 17.4 Å². The highest BCUT2D eigenvalue weighted by Crippen LogP contribution is 2.33. The smallest absolute Gasteiger partial charge is 0.230 e. The highest BCUT2D eigenvalue weighted by molar-refractivity contribution is 7.23. The van der Waals surface area contributed by atoms with E-state index in [2.05, 4.69) is 15.6 Å². The van der Waals surface area contributed by atoms with Crippen molar-refractivity contribution in [1.29, 1.82) is 0 Å². The van der Waals surface area contributed by atoms with Crippen LogP contribution in [0.4, 0.5) is 9.52 Å². The van der Waals surface area contributed by atoms with Crippen molar-refractivity contribution in [2.24, 2.45) is 5.92 Å². The predicted octanol–water partition coefficient (Wildman–Crippen LogP) is 3.14. The predicted molar refractivity (Wildman–Crippen MR) is 86.7 cm³/mol. The molecule has 1 aromatic heterocycles. The Labute approximate surface area is 130 Å². The minimum atomic E-state index is -0.251. The Morgan fingerprint density at radius 3 is 3.09 bits per heavy atom. The van der Waals surface area contributed by atoms with E-state index in [0.29, 0.717) is 5.13 Å². The molecule has 22 heavy (non-hydrogen) atoms. The van der Waals surface area contributed by atoms with Crippen molar-refractivity contribution >= 4 is 43.4 Å². The molecule has 4 nitrogen and oxygen atoms in total. The van der Waals surface area contributed by atoms with Crippen LogP contribution in [0.2, 0.25) is 0 Å². The number of aromatic nitrogens is 1. The lowest BCUT2D eigenvalue weighted by molar-refractivity contribution is -0.119. The van der Waals surface area contributed by atoms with E-state index in [1.165, 1.54) is 23.5 Å². The summed E-state index contributed by atoms with van der Waals surface area (Å²) in [6, 6.07) is 8.44. The van der Waals surface area contributed by atoms with Gasteiger partial charge in [0, 0.05) is 11.9 Å². The summed E-state index contributed by atoms with van der Waals surface area (Å²) in [6.45, 7) is 1.60. The molecule has 1 aliphatic heterocycles. The zero-order valence-electron chi connectivity index (χ0n) is 11.7. The van der Waals surface area contributed by atoms with Crippen LogP contribution in [0.25, 0.3) is 21.0 Å². The number of carbonyl (C=O) groups excluding carboxylic acids is 1. The van der Waals surface area contributed by atoms with E-state index in [0.717, 1.165) is 40.5 Å². The van der Waals surface area contributed by atoms with Crippen molar-refractivity contribution in [3.63, 3.8) is 0 Å². The number of fused-ring (bicyclic) bond motifs is 3. The van der Waals surface area contributed by atoms with E-state index < -0.39 is 0 Å².